The smallest absolute Gasteiger partial charge is 0.323 e. The quantitative estimate of drug-likeness (QED) is 0.932. The molecule has 1 N–H and O–H groups in total. The van der Waals surface area contributed by atoms with Crippen LogP contribution in [-0.2, 0) is 0 Å². The Kier molecular flexibility index (Phi) is 5.49. The topological polar surface area (TPSA) is 48.5 Å². The molecule has 0 aromatic carbocycles. The normalized spacial score (nSPS) is 23.7. The maximum atomic E-state index is 12.4. The van der Waals surface area contributed by atoms with Crippen molar-refractivity contribution in [2.45, 2.75) is 32.6 Å². The van der Waals surface area contributed by atoms with Crippen LogP contribution >= 0.6 is 0 Å². The molecule has 0 radical (unpaired) electrons. The van der Waals surface area contributed by atoms with Gasteiger partial charge in [0.1, 0.15) is 5.82 Å². The fourth-order valence-corrected chi connectivity index (χ4v) is 3.63. The molecule has 2 saturated heterocycles. The van der Waals surface area contributed by atoms with E-state index in [0.717, 1.165) is 32.0 Å². The number of anilines is 1. The molecular formula is C18H28N4O. The number of pyridine rings is 1. The molecule has 5 heteroatoms. The maximum Gasteiger partial charge on any atom is 0.323 e. The second-order valence-corrected chi connectivity index (χ2v) is 7.08. The molecule has 5 nitrogen and oxygen atoms in total. The summed E-state index contributed by atoms with van der Waals surface area (Å²) in [6, 6.07) is 5.56. The SMILES string of the molecule is CC1CCN(C[C@@H]2CCCN(C(=O)Nc3ccccn3)C2)CC1. The Morgan fingerprint density at radius 3 is 2.83 bits per heavy atom. The molecule has 126 valence electrons. The first-order valence-electron chi connectivity index (χ1n) is 8.90. The van der Waals surface area contributed by atoms with E-state index in [-0.39, 0.29) is 6.03 Å². The van der Waals surface area contributed by atoms with Crippen LogP contribution in [0.1, 0.15) is 32.6 Å². The average Bonchev–Trinajstić information content (AvgIpc) is 2.58. The van der Waals surface area contributed by atoms with Crippen LogP contribution in [0, 0.1) is 11.8 Å². The number of nitrogens with zero attached hydrogens (tertiary/aromatic N) is 3. The number of urea groups is 1. The summed E-state index contributed by atoms with van der Waals surface area (Å²) in [5.41, 5.74) is 0. The Balaban J connectivity index is 1.48. The van der Waals surface area contributed by atoms with Crippen LogP contribution in [0.3, 0.4) is 0 Å². The molecular weight excluding hydrogens is 288 g/mol. The van der Waals surface area contributed by atoms with Crippen LogP contribution in [0.5, 0.6) is 0 Å². The van der Waals surface area contributed by atoms with Crippen LogP contribution in [0.25, 0.3) is 0 Å². The second kappa shape index (κ2) is 7.77. The van der Waals surface area contributed by atoms with Crippen molar-refractivity contribution in [1.29, 1.82) is 0 Å². The van der Waals surface area contributed by atoms with Gasteiger partial charge in [-0.2, -0.15) is 0 Å². The van der Waals surface area contributed by atoms with Gasteiger partial charge >= 0.3 is 6.03 Å². The Bertz CT molecular complexity index is 499. The number of amides is 2. The van der Waals surface area contributed by atoms with Crippen LogP contribution in [0.2, 0.25) is 0 Å². The molecule has 3 heterocycles. The molecule has 2 fully saturated rings. The van der Waals surface area contributed by atoms with E-state index in [1.165, 1.54) is 32.4 Å². The monoisotopic (exact) mass is 316 g/mol. The summed E-state index contributed by atoms with van der Waals surface area (Å²) >= 11 is 0. The summed E-state index contributed by atoms with van der Waals surface area (Å²) in [5.74, 6) is 2.11. The zero-order valence-electron chi connectivity index (χ0n) is 14.1. The molecule has 0 bridgehead atoms. The summed E-state index contributed by atoms with van der Waals surface area (Å²) in [4.78, 5) is 21.1. The first-order valence-corrected chi connectivity index (χ1v) is 8.90. The Morgan fingerprint density at radius 1 is 1.26 bits per heavy atom. The van der Waals surface area contributed by atoms with E-state index >= 15 is 0 Å². The number of piperidine rings is 2. The third kappa shape index (κ3) is 4.67. The fourth-order valence-electron chi connectivity index (χ4n) is 3.63. The van der Waals surface area contributed by atoms with Gasteiger partial charge in [-0.1, -0.05) is 13.0 Å². The van der Waals surface area contributed by atoms with Crippen molar-refractivity contribution < 1.29 is 4.79 Å². The largest absolute Gasteiger partial charge is 0.324 e. The molecule has 2 aliphatic heterocycles. The predicted octanol–water partition coefficient (Wildman–Crippen LogP) is 3.06. The van der Waals surface area contributed by atoms with Crippen LogP contribution in [0.15, 0.2) is 24.4 Å². The number of rotatable bonds is 3. The minimum absolute atomic E-state index is 0.0133. The Hall–Kier alpha value is -1.62. The van der Waals surface area contributed by atoms with Gasteiger partial charge in [0.15, 0.2) is 0 Å². The van der Waals surface area contributed by atoms with Crippen molar-refractivity contribution in [2.75, 3.05) is 38.0 Å². The van der Waals surface area contributed by atoms with Gasteiger partial charge in [-0.15, -0.1) is 0 Å². The van der Waals surface area contributed by atoms with Gasteiger partial charge in [0, 0.05) is 25.8 Å². The first-order chi connectivity index (χ1) is 11.2. The highest BCUT2D eigenvalue weighted by molar-refractivity contribution is 5.88. The molecule has 1 atom stereocenters. The Labute approximate surface area is 139 Å². The minimum Gasteiger partial charge on any atom is -0.324 e. The third-order valence-electron chi connectivity index (χ3n) is 5.10. The van der Waals surface area contributed by atoms with Gasteiger partial charge in [0.25, 0.3) is 0 Å². The van der Waals surface area contributed by atoms with Gasteiger partial charge in [-0.05, 0) is 62.7 Å². The first kappa shape index (κ1) is 16.2. The van der Waals surface area contributed by atoms with Gasteiger partial charge in [-0.25, -0.2) is 9.78 Å². The van der Waals surface area contributed by atoms with Crippen molar-refractivity contribution >= 4 is 11.8 Å². The van der Waals surface area contributed by atoms with Gasteiger partial charge < -0.3 is 9.80 Å². The average molecular weight is 316 g/mol. The van der Waals surface area contributed by atoms with Crippen LogP contribution < -0.4 is 5.32 Å². The zero-order valence-corrected chi connectivity index (χ0v) is 14.1. The fraction of sp³-hybridized carbons (Fsp3) is 0.667. The molecule has 0 spiro atoms. The van der Waals surface area contributed by atoms with Gasteiger partial charge in [-0.3, -0.25) is 5.32 Å². The number of likely N-dealkylation sites (tertiary alicyclic amines) is 2. The number of hydrogen-bond acceptors (Lipinski definition) is 3. The van der Waals surface area contributed by atoms with Crippen LogP contribution in [-0.4, -0.2) is 53.5 Å². The molecule has 0 aliphatic carbocycles. The van der Waals surface area contributed by atoms with Gasteiger partial charge in [0.05, 0.1) is 0 Å². The van der Waals surface area contributed by atoms with Crippen molar-refractivity contribution in [1.82, 2.24) is 14.8 Å². The highest BCUT2D eigenvalue weighted by Gasteiger charge is 2.26. The summed E-state index contributed by atoms with van der Waals surface area (Å²) in [6.07, 6.45) is 6.67. The Morgan fingerprint density at radius 2 is 2.09 bits per heavy atom. The molecule has 3 rings (SSSR count). The molecule has 1 aromatic heterocycles. The lowest BCUT2D eigenvalue weighted by Crippen LogP contribution is -2.46. The van der Waals surface area contributed by atoms with E-state index in [9.17, 15) is 4.79 Å². The molecule has 0 saturated carbocycles. The van der Waals surface area contributed by atoms with E-state index < -0.39 is 0 Å². The maximum absolute atomic E-state index is 12.4. The zero-order chi connectivity index (χ0) is 16.1. The third-order valence-corrected chi connectivity index (χ3v) is 5.10. The number of aromatic nitrogens is 1. The van der Waals surface area contributed by atoms with Gasteiger partial charge in [0.2, 0.25) is 0 Å². The number of nitrogens with one attached hydrogen (secondary N) is 1. The van der Waals surface area contributed by atoms with Crippen molar-refractivity contribution in [2.24, 2.45) is 11.8 Å². The summed E-state index contributed by atoms with van der Waals surface area (Å²) < 4.78 is 0. The van der Waals surface area contributed by atoms with E-state index in [1.54, 1.807) is 6.20 Å². The summed E-state index contributed by atoms with van der Waals surface area (Å²) in [6.45, 7) is 7.65. The minimum atomic E-state index is -0.0133. The van der Waals surface area contributed by atoms with E-state index in [1.807, 2.05) is 23.1 Å². The van der Waals surface area contributed by atoms with Crippen molar-refractivity contribution in [3.8, 4) is 0 Å². The second-order valence-electron chi connectivity index (χ2n) is 7.08. The lowest BCUT2D eigenvalue weighted by Gasteiger charge is -2.37. The number of carbonyl (C=O) groups is 1. The highest BCUT2D eigenvalue weighted by atomic mass is 16.2. The molecule has 1 aromatic rings. The lowest BCUT2D eigenvalue weighted by atomic mass is 9.94. The number of carbonyl (C=O) groups excluding carboxylic acids is 1. The van der Waals surface area contributed by atoms with E-state index in [2.05, 4.69) is 22.1 Å². The molecule has 0 unspecified atom stereocenters. The lowest BCUT2D eigenvalue weighted by molar-refractivity contribution is 0.124. The highest BCUT2D eigenvalue weighted by Crippen LogP contribution is 2.22. The van der Waals surface area contributed by atoms with Crippen LogP contribution in [0.4, 0.5) is 10.6 Å². The number of hydrogen-bond donors (Lipinski definition) is 1. The standard InChI is InChI=1S/C18H28N4O/c1-15-7-11-21(12-8-15)13-16-5-4-10-22(14-16)18(23)20-17-6-2-3-9-19-17/h2-3,6,9,15-16H,4-5,7-8,10-14H2,1H3,(H,19,20,23)/t16-/m0/s1. The molecule has 2 aliphatic rings. The van der Waals surface area contributed by atoms with Crippen molar-refractivity contribution in [3.63, 3.8) is 0 Å². The van der Waals surface area contributed by atoms with E-state index in [4.69, 9.17) is 0 Å². The van der Waals surface area contributed by atoms with Crippen molar-refractivity contribution in [3.05, 3.63) is 24.4 Å². The van der Waals surface area contributed by atoms with E-state index in [0.29, 0.717) is 11.7 Å². The predicted molar refractivity (Wildman–Crippen MR) is 92.4 cm³/mol. The summed E-state index contributed by atoms with van der Waals surface area (Å²) in [5, 5.41) is 2.90. The molecule has 23 heavy (non-hydrogen) atoms. The molecule has 2 amide bonds. The summed E-state index contributed by atoms with van der Waals surface area (Å²) in [7, 11) is 0.